The van der Waals surface area contributed by atoms with E-state index in [9.17, 15) is 5.26 Å². The summed E-state index contributed by atoms with van der Waals surface area (Å²) in [6.07, 6.45) is 6.73. The number of nitriles is 1. The Morgan fingerprint density at radius 3 is 1.98 bits per heavy atom. The van der Waals surface area contributed by atoms with E-state index in [0.29, 0.717) is 5.56 Å². The summed E-state index contributed by atoms with van der Waals surface area (Å²) in [4.78, 5) is 0. The Bertz CT molecular complexity index is 2270. The largest absolute Gasteiger partial charge is 0.485 e. The average Bonchev–Trinajstić information content (AvgIpc) is 3.67. The number of ether oxygens (including phenoxy) is 1. The lowest BCUT2D eigenvalue weighted by atomic mass is 9.90. The van der Waals surface area contributed by atoms with Crippen LogP contribution in [0.15, 0.2) is 127 Å². The van der Waals surface area contributed by atoms with Gasteiger partial charge < -0.3 is 13.9 Å². The van der Waals surface area contributed by atoms with E-state index in [2.05, 4.69) is 130 Å². The Kier molecular flexibility index (Phi) is 4.48. The minimum atomic E-state index is -0.0339. The number of para-hydroxylation sites is 3. The molecule has 0 radical (unpaired) electrons. The predicted octanol–water partition coefficient (Wildman–Crippen LogP) is 8.72. The van der Waals surface area contributed by atoms with Gasteiger partial charge in [0.1, 0.15) is 11.9 Å². The fourth-order valence-corrected chi connectivity index (χ4v) is 6.89. The molecule has 0 fully saturated rings. The summed E-state index contributed by atoms with van der Waals surface area (Å²) in [6.45, 7) is 0. The van der Waals surface area contributed by atoms with Crippen LogP contribution in [0.25, 0.3) is 55.0 Å². The molecule has 4 heteroatoms. The van der Waals surface area contributed by atoms with E-state index in [0.717, 1.165) is 38.9 Å². The van der Waals surface area contributed by atoms with Gasteiger partial charge in [0.15, 0.2) is 0 Å². The second-order valence-corrected chi connectivity index (χ2v) is 10.8. The molecule has 7 aromatic rings. The van der Waals surface area contributed by atoms with Gasteiger partial charge >= 0.3 is 0 Å². The van der Waals surface area contributed by atoms with Crippen molar-refractivity contribution in [1.29, 1.82) is 5.26 Å². The van der Waals surface area contributed by atoms with Crippen molar-refractivity contribution in [3.63, 3.8) is 0 Å². The second kappa shape index (κ2) is 8.24. The zero-order valence-electron chi connectivity index (χ0n) is 22.0. The molecule has 0 saturated heterocycles. The predicted molar refractivity (Wildman–Crippen MR) is 166 cm³/mol. The standard InChI is InChI=1S/C37H23N3O/c38-22-23-13-16-35-29(19-23)28-9-3-6-12-34(28)40(35)25-15-18-37-31(21-25)30-20-24(14-17-36(30)41-37)39-32-10-4-1-7-26(32)27-8-2-5-11-33(27)39/h1-21,30,36H. The maximum atomic E-state index is 9.53. The monoisotopic (exact) mass is 525 g/mol. The van der Waals surface area contributed by atoms with Crippen LogP contribution >= 0.6 is 0 Å². The van der Waals surface area contributed by atoms with E-state index in [1.807, 2.05) is 12.1 Å². The molecule has 0 N–H and O–H groups in total. The Labute approximate surface area is 236 Å². The van der Waals surface area contributed by atoms with E-state index < -0.39 is 0 Å². The number of hydrogen-bond donors (Lipinski definition) is 0. The molecule has 2 unspecified atom stereocenters. The zero-order chi connectivity index (χ0) is 27.1. The highest BCUT2D eigenvalue weighted by Gasteiger charge is 2.34. The quantitative estimate of drug-likeness (QED) is 0.227. The van der Waals surface area contributed by atoms with Gasteiger partial charge in [-0.25, -0.2) is 0 Å². The van der Waals surface area contributed by atoms with Crippen LogP contribution in [0.5, 0.6) is 5.75 Å². The Morgan fingerprint density at radius 1 is 0.634 bits per heavy atom. The lowest BCUT2D eigenvalue weighted by molar-refractivity contribution is 0.269. The van der Waals surface area contributed by atoms with Crippen molar-refractivity contribution in [2.75, 3.05) is 0 Å². The van der Waals surface area contributed by atoms with Crippen LogP contribution in [-0.2, 0) is 0 Å². The molecule has 0 saturated carbocycles. The normalized spacial score (nSPS) is 17.5. The molecule has 2 aromatic heterocycles. The molecule has 2 atom stereocenters. The molecule has 9 rings (SSSR count). The number of nitrogens with zero attached hydrogens (tertiary/aromatic N) is 3. The van der Waals surface area contributed by atoms with Gasteiger partial charge in [-0.2, -0.15) is 5.26 Å². The maximum absolute atomic E-state index is 9.53. The molecular weight excluding hydrogens is 502 g/mol. The van der Waals surface area contributed by atoms with E-state index in [4.69, 9.17) is 4.74 Å². The van der Waals surface area contributed by atoms with Crippen molar-refractivity contribution < 1.29 is 4.74 Å². The summed E-state index contributed by atoms with van der Waals surface area (Å²) in [6, 6.07) is 40.4. The highest BCUT2D eigenvalue weighted by atomic mass is 16.5. The van der Waals surface area contributed by atoms with Crippen LogP contribution in [0.2, 0.25) is 0 Å². The van der Waals surface area contributed by atoms with E-state index in [-0.39, 0.29) is 12.0 Å². The Morgan fingerprint density at radius 2 is 1.27 bits per heavy atom. The van der Waals surface area contributed by atoms with Crippen molar-refractivity contribution in [2.45, 2.75) is 12.0 Å². The fraction of sp³-hybridized carbons (Fsp3) is 0.0541. The number of allylic oxidation sites excluding steroid dienone is 2. The summed E-state index contributed by atoms with van der Waals surface area (Å²) < 4.78 is 11.1. The first kappa shape index (κ1) is 22.3. The van der Waals surface area contributed by atoms with Crippen LogP contribution in [0.3, 0.4) is 0 Å². The van der Waals surface area contributed by atoms with Crippen LogP contribution < -0.4 is 4.74 Å². The van der Waals surface area contributed by atoms with Gasteiger partial charge in [-0.1, -0.05) is 54.6 Å². The highest BCUT2D eigenvalue weighted by molar-refractivity contribution is 6.11. The van der Waals surface area contributed by atoms with Crippen LogP contribution in [-0.4, -0.2) is 15.2 Å². The molecule has 41 heavy (non-hydrogen) atoms. The average molecular weight is 526 g/mol. The number of hydrogen-bond acceptors (Lipinski definition) is 2. The number of fused-ring (bicyclic) bond motifs is 9. The molecule has 2 aliphatic rings. The number of rotatable bonds is 2. The lowest BCUT2D eigenvalue weighted by Gasteiger charge is -2.20. The van der Waals surface area contributed by atoms with Crippen LogP contribution in [0.4, 0.5) is 0 Å². The Balaban J connectivity index is 1.23. The maximum Gasteiger partial charge on any atom is 0.128 e. The molecule has 1 aliphatic heterocycles. The van der Waals surface area contributed by atoms with E-state index in [1.54, 1.807) is 0 Å². The molecule has 0 amide bonds. The smallest absolute Gasteiger partial charge is 0.128 e. The summed E-state index contributed by atoms with van der Waals surface area (Å²) in [5, 5.41) is 14.3. The molecule has 192 valence electrons. The first-order valence-electron chi connectivity index (χ1n) is 13.9. The molecule has 4 nitrogen and oxygen atoms in total. The molecular formula is C37H23N3O. The van der Waals surface area contributed by atoms with Crippen molar-refractivity contribution in [2.24, 2.45) is 0 Å². The minimum Gasteiger partial charge on any atom is -0.485 e. The number of benzene rings is 5. The highest BCUT2D eigenvalue weighted by Crippen LogP contribution is 2.45. The van der Waals surface area contributed by atoms with Crippen molar-refractivity contribution in [1.82, 2.24) is 9.13 Å². The molecule has 1 aliphatic carbocycles. The SMILES string of the molecule is N#Cc1ccc2c(c1)c1ccccc1n2-c1ccc2c(c1)C1C=C(n3c4ccccc4c4ccccc43)C=CC1O2. The summed E-state index contributed by atoms with van der Waals surface area (Å²) in [5.74, 6) is 1.03. The van der Waals surface area contributed by atoms with Crippen molar-refractivity contribution >= 4 is 49.3 Å². The molecule has 3 heterocycles. The molecule has 0 spiro atoms. The van der Waals surface area contributed by atoms with E-state index >= 15 is 0 Å². The third kappa shape index (κ3) is 3.09. The van der Waals surface area contributed by atoms with Gasteiger partial charge in [-0.15, -0.1) is 0 Å². The second-order valence-electron chi connectivity index (χ2n) is 10.8. The van der Waals surface area contributed by atoms with Gasteiger partial charge in [-0.05, 0) is 72.8 Å². The van der Waals surface area contributed by atoms with Gasteiger partial charge in [0, 0.05) is 44.4 Å². The summed E-state index contributed by atoms with van der Waals surface area (Å²) >= 11 is 0. The summed E-state index contributed by atoms with van der Waals surface area (Å²) in [5.41, 5.74) is 8.73. The molecule has 0 bridgehead atoms. The fourth-order valence-electron chi connectivity index (χ4n) is 6.89. The topological polar surface area (TPSA) is 42.9 Å². The first-order valence-corrected chi connectivity index (χ1v) is 13.9. The van der Waals surface area contributed by atoms with Gasteiger partial charge in [-0.3, -0.25) is 0 Å². The summed E-state index contributed by atoms with van der Waals surface area (Å²) in [7, 11) is 0. The Hall–Kier alpha value is -5.53. The third-order valence-electron chi connectivity index (χ3n) is 8.67. The zero-order valence-corrected chi connectivity index (χ0v) is 22.0. The lowest BCUT2D eigenvalue weighted by Crippen LogP contribution is -2.18. The third-order valence-corrected chi connectivity index (χ3v) is 8.67. The van der Waals surface area contributed by atoms with Crippen LogP contribution in [0, 0.1) is 11.3 Å². The number of aromatic nitrogens is 2. The van der Waals surface area contributed by atoms with Gasteiger partial charge in [0.05, 0.1) is 33.7 Å². The minimum absolute atomic E-state index is 0.0339. The van der Waals surface area contributed by atoms with Crippen LogP contribution in [0.1, 0.15) is 17.0 Å². The van der Waals surface area contributed by atoms with Crippen molar-refractivity contribution in [3.05, 3.63) is 139 Å². The first-order chi connectivity index (χ1) is 20.3. The van der Waals surface area contributed by atoms with E-state index in [1.165, 1.54) is 27.4 Å². The van der Waals surface area contributed by atoms with Gasteiger partial charge in [0.2, 0.25) is 0 Å². The van der Waals surface area contributed by atoms with Gasteiger partial charge in [0.25, 0.3) is 0 Å². The molecule has 5 aromatic carbocycles. The van der Waals surface area contributed by atoms with Crippen molar-refractivity contribution in [3.8, 4) is 17.5 Å².